The molecule has 0 amide bonds. The van der Waals surface area contributed by atoms with E-state index in [9.17, 15) is 9.90 Å². The van der Waals surface area contributed by atoms with Crippen LogP contribution in [0.3, 0.4) is 0 Å². The van der Waals surface area contributed by atoms with Crippen LogP contribution in [0.15, 0.2) is 24.3 Å². The van der Waals surface area contributed by atoms with Crippen LogP contribution < -0.4 is 0 Å². The quantitative estimate of drug-likeness (QED) is 0.252. The van der Waals surface area contributed by atoms with Crippen LogP contribution in [-0.4, -0.2) is 34.1 Å². The highest BCUT2D eigenvalue weighted by atomic mass is 17.1. The van der Waals surface area contributed by atoms with Gasteiger partial charge in [0.1, 0.15) is 12.2 Å². The van der Waals surface area contributed by atoms with E-state index in [1.54, 1.807) is 0 Å². The van der Waals surface area contributed by atoms with Crippen LogP contribution in [0.2, 0.25) is 0 Å². The van der Waals surface area contributed by atoms with Gasteiger partial charge in [0.2, 0.25) is 0 Å². The van der Waals surface area contributed by atoms with Crippen molar-refractivity contribution < 1.29 is 24.8 Å². The van der Waals surface area contributed by atoms with Gasteiger partial charge in [0.15, 0.2) is 0 Å². The summed E-state index contributed by atoms with van der Waals surface area (Å²) in [5.41, 5.74) is -0.688. The first-order valence-corrected chi connectivity index (χ1v) is 6.94. The third kappa shape index (κ3) is 1.57. The predicted octanol–water partition coefficient (Wildman–Crippen LogP) is 1.82. The molecule has 1 heterocycles. The van der Waals surface area contributed by atoms with Crippen molar-refractivity contribution in [2.24, 2.45) is 11.3 Å². The second kappa shape index (κ2) is 4.16. The highest BCUT2D eigenvalue weighted by molar-refractivity contribution is 5.91. The third-order valence-electron chi connectivity index (χ3n) is 5.59. The summed E-state index contributed by atoms with van der Waals surface area (Å²) in [6, 6.07) is 0. The molecule has 2 saturated carbocycles. The molecule has 20 heavy (non-hydrogen) atoms. The lowest BCUT2D eigenvalue weighted by Crippen LogP contribution is -2.60. The van der Waals surface area contributed by atoms with E-state index in [0.717, 1.165) is 0 Å². The zero-order chi connectivity index (χ0) is 14.7. The fourth-order valence-electron chi connectivity index (χ4n) is 4.12. The van der Waals surface area contributed by atoms with Gasteiger partial charge >= 0.3 is 5.97 Å². The van der Waals surface area contributed by atoms with E-state index >= 15 is 0 Å². The van der Waals surface area contributed by atoms with Crippen LogP contribution in [0.4, 0.5) is 0 Å². The SMILES string of the molecule is C=C1C(=O)O[C@@H]2C[C@@]3(C)CC[C@@H](OO)C(=C)[C@@]3(O)C[C@H]12. The van der Waals surface area contributed by atoms with Crippen molar-refractivity contribution in [3.05, 3.63) is 24.3 Å². The van der Waals surface area contributed by atoms with E-state index in [-0.39, 0.29) is 18.0 Å². The number of esters is 1. The molecule has 5 heteroatoms. The number of fused-ring (bicyclic) bond motifs is 2. The standard InChI is InChI=1S/C15H20O5/c1-8-10-6-15(17)9(2)11(20-18)4-5-14(15,3)7-12(10)19-13(8)16/h10-12,17-18H,1-2,4-7H2,3H3/t10-,11-,12-,14-,15+/m1/s1. The number of carbonyl (C=O) groups excluding carboxylic acids is 1. The second-order valence-electron chi connectivity index (χ2n) is 6.56. The molecular weight excluding hydrogens is 260 g/mol. The molecule has 0 radical (unpaired) electrons. The molecular formula is C15H20O5. The molecule has 110 valence electrons. The number of aliphatic hydroxyl groups is 1. The maximum absolute atomic E-state index is 11.7. The number of ether oxygens (including phenoxy) is 1. The smallest absolute Gasteiger partial charge is 0.334 e. The summed E-state index contributed by atoms with van der Waals surface area (Å²) in [6.45, 7) is 9.70. The Labute approximate surface area is 117 Å². The summed E-state index contributed by atoms with van der Waals surface area (Å²) in [7, 11) is 0. The highest BCUT2D eigenvalue weighted by Crippen LogP contribution is 2.59. The van der Waals surface area contributed by atoms with Gasteiger partial charge in [-0.3, -0.25) is 5.26 Å². The minimum absolute atomic E-state index is 0.185. The number of carbonyl (C=O) groups is 1. The summed E-state index contributed by atoms with van der Waals surface area (Å²) in [6.07, 6.45) is 1.44. The van der Waals surface area contributed by atoms with Crippen molar-refractivity contribution in [2.45, 2.75) is 50.4 Å². The van der Waals surface area contributed by atoms with Crippen molar-refractivity contribution in [3.8, 4) is 0 Å². The zero-order valence-corrected chi connectivity index (χ0v) is 11.6. The van der Waals surface area contributed by atoms with E-state index in [4.69, 9.17) is 9.99 Å². The molecule has 0 unspecified atom stereocenters. The van der Waals surface area contributed by atoms with Crippen molar-refractivity contribution in [2.75, 3.05) is 0 Å². The molecule has 1 aliphatic heterocycles. The topological polar surface area (TPSA) is 76.0 Å². The monoisotopic (exact) mass is 280 g/mol. The molecule has 3 fully saturated rings. The second-order valence-corrected chi connectivity index (χ2v) is 6.56. The van der Waals surface area contributed by atoms with Crippen molar-refractivity contribution in [1.82, 2.24) is 0 Å². The molecule has 2 N–H and O–H groups in total. The van der Waals surface area contributed by atoms with Crippen LogP contribution in [0.25, 0.3) is 0 Å². The Kier molecular flexibility index (Phi) is 2.87. The molecule has 0 aromatic heterocycles. The van der Waals surface area contributed by atoms with Crippen molar-refractivity contribution >= 4 is 5.97 Å². The molecule has 0 bridgehead atoms. The maximum Gasteiger partial charge on any atom is 0.334 e. The normalized spacial score (nSPS) is 47.8. The van der Waals surface area contributed by atoms with E-state index in [2.05, 4.69) is 18.0 Å². The fourth-order valence-corrected chi connectivity index (χ4v) is 4.12. The van der Waals surface area contributed by atoms with Gasteiger partial charge in [0.05, 0.1) is 5.60 Å². The van der Waals surface area contributed by atoms with Gasteiger partial charge in [-0.1, -0.05) is 20.1 Å². The summed E-state index contributed by atoms with van der Waals surface area (Å²) in [4.78, 5) is 16.1. The zero-order valence-electron chi connectivity index (χ0n) is 11.6. The van der Waals surface area contributed by atoms with E-state index < -0.39 is 17.1 Å². The summed E-state index contributed by atoms with van der Waals surface area (Å²) in [5.74, 6) is -0.554. The highest BCUT2D eigenvalue weighted by Gasteiger charge is 2.62. The Morgan fingerprint density at radius 1 is 1.40 bits per heavy atom. The largest absolute Gasteiger partial charge is 0.458 e. The van der Waals surface area contributed by atoms with E-state index in [1.807, 2.05) is 6.92 Å². The third-order valence-corrected chi connectivity index (χ3v) is 5.59. The minimum atomic E-state index is -1.17. The maximum atomic E-state index is 11.7. The number of hydrogen-bond acceptors (Lipinski definition) is 5. The molecule has 3 aliphatic rings. The summed E-state index contributed by atoms with van der Waals surface area (Å²) < 4.78 is 5.37. The average molecular weight is 280 g/mol. The Morgan fingerprint density at radius 2 is 2.10 bits per heavy atom. The van der Waals surface area contributed by atoms with Crippen LogP contribution in [0.1, 0.15) is 32.6 Å². The van der Waals surface area contributed by atoms with Gasteiger partial charge < -0.3 is 9.84 Å². The Hall–Kier alpha value is -1.17. The Balaban J connectivity index is 1.98. The van der Waals surface area contributed by atoms with Gasteiger partial charge in [-0.25, -0.2) is 9.68 Å². The summed E-state index contributed by atoms with van der Waals surface area (Å²) >= 11 is 0. The van der Waals surface area contributed by atoms with Gasteiger partial charge in [0.25, 0.3) is 0 Å². The molecule has 0 aromatic rings. The Morgan fingerprint density at radius 3 is 2.75 bits per heavy atom. The van der Waals surface area contributed by atoms with E-state index in [1.165, 1.54) is 0 Å². The van der Waals surface area contributed by atoms with Crippen LogP contribution >= 0.6 is 0 Å². The van der Waals surface area contributed by atoms with Crippen molar-refractivity contribution in [3.63, 3.8) is 0 Å². The first-order valence-electron chi connectivity index (χ1n) is 6.94. The lowest BCUT2D eigenvalue weighted by Gasteiger charge is -2.56. The lowest BCUT2D eigenvalue weighted by molar-refractivity contribution is -0.287. The number of rotatable bonds is 1. The number of hydrogen-bond donors (Lipinski definition) is 2. The molecule has 0 aromatic carbocycles. The van der Waals surface area contributed by atoms with Gasteiger partial charge in [-0.2, -0.15) is 0 Å². The molecule has 3 rings (SSSR count). The minimum Gasteiger partial charge on any atom is -0.458 e. The first kappa shape index (κ1) is 13.8. The van der Waals surface area contributed by atoms with Crippen molar-refractivity contribution in [1.29, 1.82) is 0 Å². The van der Waals surface area contributed by atoms with Crippen LogP contribution in [-0.2, 0) is 14.4 Å². The predicted molar refractivity (Wildman–Crippen MR) is 70.7 cm³/mol. The molecule has 0 spiro atoms. The lowest BCUT2D eigenvalue weighted by atomic mass is 9.52. The molecule has 5 nitrogen and oxygen atoms in total. The van der Waals surface area contributed by atoms with E-state index in [0.29, 0.717) is 36.8 Å². The Bertz CT molecular complexity index is 498. The first-order chi connectivity index (χ1) is 9.32. The molecule has 1 saturated heterocycles. The molecule has 5 atom stereocenters. The van der Waals surface area contributed by atoms with Gasteiger partial charge in [-0.05, 0) is 31.3 Å². The van der Waals surface area contributed by atoms with Crippen LogP contribution in [0.5, 0.6) is 0 Å². The van der Waals surface area contributed by atoms with Gasteiger partial charge in [-0.15, -0.1) is 0 Å². The molecule has 2 aliphatic carbocycles. The summed E-state index contributed by atoms with van der Waals surface area (Å²) in [5, 5.41) is 20.1. The van der Waals surface area contributed by atoms with Crippen LogP contribution in [0, 0.1) is 11.3 Å². The van der Waals surface area contributed by atoms with Gasteiger partial charge in [0, 0.05) is 16.9 Å². The average Bonchev–Trinajstić information content (AvgIpc) is 2.65. The fraction of sp³-hybridized carbons (Fsp3) is 0.667.